The van der Waals surface area contributed by atoms with Crippen molar-refractivity contribution in [3.8, 4) is 5.75 Å². The standard InChI is InChI=1S/C19H22N4O3/c1-13(2)26-16-8-6-15(7-9-16)11-20-18(24)14(3)23-19(25)17-5-4-10-22(17)12-21-23/h4-10,12-14H,11H2,1-3H3,(H,20,24)/t14-/m1/s1. The first kappa shape index (κ1) is 17.7. The average Bonchev–Trinajstić information content (AvgIpc) is 3.10. The molecule has 1 amide bonds. The number of nitrogens with zero attached hydrogens (tertiary/aromatic N) is 3. The van der Waals surface area contributed by atoms with Crippen molar-refractivity contribution >= 4 is 11.4 Å². The molecule has 0 fully saturated rings. The minimum atomic E-state index is -0.703. The van der Waals surface area contributed by atoms with Crippen LogP contribution in [0.25, 0.3) is 5.52 Å². The SMILES string of the molecule is CC(C)Oc1ccc(CNC(=O)[C@@H](C)n2ncn3cccc3c2=O)cc1. The fraction of sp³-hybridized carbons (Fsp3) is 0.316. The predicted molar refractivity (Wildman–Crippen MR) is 98.2 cm³/mol. The predicted octanol–water partition coefficient (Wildman–Crippen LogP) is 2.16. The van der Waals surface area contributed by atoms with Crippen LogP contribution in [0.5, 0.6) is 5.75 Å². The van der Waals surface area contributed by atoms with E-state index in [1.54, 1.807) is 29.7 Å². The van der Waals surface area contributed by atoms with Gasteiger partial charge in [-0.25, -0.2) is 4.68 Å². The molecule has 0 aliphatic heterocycles. The molecule has 0 aliphatic carbocycles. The van der Waals surface area contributed by atoms with Crippen molar-refractivity contribution in [2.75, 3.05) is 0 Å². The highest BCUT2D eigenvalue weighted by atomic mass is 16.5. The molecule has 0 radical (unpaired) electrons. The fourth-order valence-electron chi connectivity index (χ4n) is 2.64. The van der Waals surface area contributed by atoms with Gasteiger partial charge in [-0.2, -0.15) is 5.10 Å². The molecule has 3 aromatic rings. The van der Waals surface area contributed by atoms with Gasteiger partial charge in [-0.3, -0.25) is 9.59 Å². The molecule has 2 aromatic heterocycles. The molecule has 26 heavy (non-hydrogen) atoms. The summed E-state index contributed by atoms with van der Waals surface area (Å²) in [5.41, 5.74) is 1.14. The number of rotatable bonds is 6. The molecule has 1 N–H and O–H groups in total. The second-order valence-corrected chi connectivity index (χ2v) is 6.39. The minimum absolute atomic E-state index is 0.116. The Labute approximate surface area is 151 Å². The van der Waals surface area contributed by atoms with Crippen molar-refractivity contribution in [2.24, 2.45) is 0 Å². The van der Waals surface area contributed by atoms with Crippen molar-refractivity contribution < 1.29 is 9.53 Å². The van der Waals surface area contributed by atoms with Gasteiger partial charge in [0.05, 0.1) is 6.10 Å². The van der Waals surface area contributed by atoms with E-state index in [0.717, 1.165) is 11.3 Å². The van der Waals surface area contributed by atoms with E-state index < -0.39 is 6.04 Å². The maximum Gasteiger partial charge on any atom is 0.291 e. The van der Waals surface area contributed by atoms with Gasteiger partial charge in [0.2, 0.25) is 5.91 Å². The summed E-state index contributed by atoms with van der Waals surface area (Å²) in [6.07, 6.45) is 3.38. The molecular formula is C19H22N4O3. The smallest absolute Gasteiger partial charge is 0.291 e. The van der Waals surface area contributed by atoms with Crippen LogP contribution in [-0.2, 0) is 11.3 Å². The zero-order valence-corrected chi connectivity index (χ0v) is 15.0. The number of fused-ring (bicyclic) bond motifs is 1. The molecule has 0 unspecified atom stereocenters. The van der Waals surface area contributed by atoms with Crippen LogP contribution in [0.1, 0.15) is 32.4 Å². The Bertz CT molecular complexity index is 957. The van der Waals surface area contributed by atoms with E-state index in [1.165, 1.54) is 11.0 Å². The topological polar surface area (TPSA) is 77.6 Å². The average molecular weight is 354 g/mol. The van der Waals surface area contributed by atoms with Crippen molar-refractivity contribution in [2.45, 2.75) is 39.5 Å². The molecule has 136 valence electrons. The third-order valence-electron chi connectivity index (χ3n) is 4.01. The molecule has 7 nitrogen and oxygen atoms in total. The lowest BCUT2D eigenvalue weighted by molar-refractivity contribution is -0.124. The molecule has 7 heteroatoms. The lowest BCUT2D eigenvalue weighted by Gasteiger charge is -2.14. The molecule has 1 atom stereocenters. The molecule has 0 aliphatic rings. The fourth-order valence-corrected chi connectivity index (χ4v) is 2.64. The second kappa shape index (κ2) is 7.43. The van der Waals surface area contributed by atoms with Gasteiger partial charge < -0.3 is 14.5 Å². The first-order valence-electron chi connectivity index (χ1n) is 8.53. The molecule has 0 spiro atoms. The summed E-state index contributed by atoms with van der Waals surface area (Å²) < 4.78 is 8.42. The quantitative estimate of drug-likeness (QED) is 0.736. The summed E-state index contributed by atoms with van der Waals surface area (Å²) in [6.45, 7) is 5.96. The van der Waals surface area contributed by atoms with Crippen LogP contribution >= 0.6 is 0 Å². The van der Waals surface area contributed by atoms with Crippen LogP contribution in [0.4, 0.5) is 0 Å². The van der Waals surface area contributed by atoms with Gasteiger partial charge in [-0.1, -0.05) is 12.1 Å². The molecular weight excluding hydrogens is 332 g/mol. The maximum absolute atomic E-state index is 12.4. The summed E-state index contributed by atoms with van der Waals surface area (Å²) in [5, 5.41) is 6.92. The van der Waals surface area contributed by atoms with E-state index in [1.807, 2.05) is 38.1 Å². The van der Waals surface area contributed by atoms with E-state index in [0.29, 0.717) is 12.1 Å². The highest BCUT2D eigenvalue weighted by Gasteiger charge is 2.18. The summed E-state index contributed by atoms with van der Waals surface area (Å²) in [4.78, 5) is 24.8. The maximum atomic E-state index is 12.4. The number of nitrogens with one attached hydrogen (secondary N) is 1. The Hall–Kier alpha value is -3.09. The highest BCUT2D eigenvalue weighted by Crippen LogP contribution is 2.14. The van der Waals surface area contributed by atoms with Crippen molar-refractivity contribution in [3.05, 3.63) is 64.8 Å². The molecule has 3 rings (SSSR count). The van der Waals surface area contributed by atoms with Crippen molar-refractivity contribution in [1.82, 2.24) is 19.5 Å². The molecule has 1 aromatic carbocycles. The van der Waals surface area contributed by atoms with Crippen LogP contribution in [0.3, 0.4) is 0 Å². The van der Waals surface area contributed by atoms with Crippen molar-refractivity contribution in [3.63, 3.8) is 0 Å². The summed E-state index contributed by atoms with van der Waals surface area (Å²) >= 11 is 0. The van der Waals surface area contributed by atoms with Gasteiger partial charge in [-0.05, 0) is 50.6 Å². The number of aromatic nitrogens is 3. The molecule has 0 saturated heterocycles. The Morgan fingerprint density at radius 2 is 1.92 bits per heavy atom. The number of ether oxygens (including phenoxy) is 1. The third kappa shape index (κ3) is 3.77. The van der Waals surface area contributed by atoms with Gasteiger partial charge in [0.1, 0.15) is 23.6 Å². The Morgan fingerprint density at radius 1 is 1.19 bits per heavy atom. The normalized spacial score (nSPS) is 12.3. The number of hydrogen-bond donors (Lipinski definition) is 1. The molecule has 2 heterocycles. The van der Waals surface area contributed by atoms with Crippen LogP contribution in [0.2, 0.25) is 0 Å². The number of carbonyl (C=O) groups is 1. The zero-order valence-electron chi connectivity index (χ0n) is 15.0. The van der Waals surface area contributed by atoms with E-state index >= 15 is 0 Å². The van der Waals surface area contributed by atoms with Gasteiger partial charge in [0.25, 0.3) is 5.56 Å². The second-order valence-electron chi connectivity index (χ2n) is 6.39. The van der Waals surface area contributed by atoms with Crippen LogP contribution < -0.4 is 15.6 Å². The monoisotopic (exact) mass is 354 g/mol. The number of benzene rings is 1. The van der Waals surface area contributed by atoms with Crippen LogP contribution in [0, 0.1) is 0 Å². The highest BCUT2D eigenvalue weighted by molar-refractivity contribution is 5.79. The van der Waals surface area contributed by atoms with E-state index in [4.69, 9.17) is 4.74 Å². The minimum Gasteiger partial charge on any atom is -0.491 e. The Morgan fingerprint density at radius 3 is 2.62 bits per heavy atom. The first-order chi connectivity index (χ1) is 12.5. The van der Waals surface area contributed by atoms with Crippen molar-refractivity contribution in [1.29, 1.82) is 0 Å². The number of hydrogen-bond acceptors (Lipinski definition) is 4. The molecule has 0 bridgehead atoms. The lowest BCUT2D eigenvalue weighted by atomic mass is 10.2. The summed E-state index contributed by atoms with van der Waals surface area (Å²) in [7, 11) is 0. The van der Waals surface area contributed by atoms with Gasteiger partial charge in [-0.15, -0.1) is 0 Å². The Kier molecular flexibility index (Phi) is 5.06. The zero-order chi connectivity index (χ0) is 18.7. The largest absolute Gasteiger partial charge is 0.491 e. The molecule has 0 saturated carbocycles. The van der Waals surface area contributed by atoms with Gasteiger partial charge in [0, 0.05) is 12.7 Å². The van der Waals surface area contributed by atoms with Crippen LogP contribution in [0.15, 0.2) is 53.7 Å². The van der Waals surface area contributed by atoms with Gasteiger partial charge in [0.15, 0.2) is 0 Å². The summed E-state index contributed by atoms with van der Waals surface area (Å²) in [6, 6.07) is 10.3. The van der Waals surface area contributed by atoms with Crippen LogP contribution in [-0.4, -0.2) is 26.2 Å². The van der Waals surface area contributed by atoms with E-state index in [-0.39, 0.29) is 17.6 Å². The Balaban J connectivity index is 1.65. The summed E-state index contributed by atoms with van der Waals surface area (Å²) in [5.74, 6) is 0.526. The van der Waals surface area contributed by atoms with Gasteiger partial charge >= 0.3 is 0 Å². The third-order valence-corrected chi connectivity index (χ3v) is 4.01. The lowest BCUT2D eigenvalue weighted by Crippen LogP contribution is -2.37. The number of carbonyl (C=O) groups excluding carboxylic acids is 1. The first-order valence-corrected chi connectivity index (χ1v) is 8.53. The van der Waals surface area contributed by atoms with E-state index in [9.17, 15) is 9.59 Å². The number of amides is 1. The van der Waals surface area contributed by atoms with E-state index in [2.05, 4.69) is 10.4 Å².